The van der Waals surface area contributed by atoms with Crippen molar-refractivity contribution in [3.05, 3.63) is 23.8 Å². The molecule has 5 heteroatoms. The molecular weight excluding hydrogens is 262 g/mol. The maximum absolute atomic E-state index is 12.1. The maximum Gasteiger partial charge on any atom is 0.176 e. The van der Waals surface area contributed by atoms with Gasteiger partial charge >= 0.3 is 0 Å². The SMILES string of the molecule is CC1(C)CN(CC(=O)c2ccc(O)c(O)c2)CCS1. The van der Waals surface area contributed by atoms with Crippen LogP contribution in [0.4, 0.5) is 0 Å². The second-order valence-corrected chi connectivity index (χ2v) is 7.25. The van der Waals surface area contributed by atoms with Gasteiger partial charge in [0.15, 0.2) is 17.3 Å². The van der Waals surface area contributed by atoms with Gasteiger partial charge in [-0.2, -0.15) is 11.8 Å². The lowest BCUT2D eigenvalue weighted by Crippen LogP contribution is -2.45. The Hall–Kier alpha value is -1.20. The van der Waals surface area contributed by atoms with Gasteiger partial charge in [0.25, 0.3) is 0 Å². The molecule has 19 heavy (non-hydrogen) atoms. The zero-order valence-corrected chi connectivity index (χ0v) is 12.0. The molecule has 0 aliphatic carbocycles. The number of hydrogen-bond acceptors (Lipinski definition) is 5. The first kappa shape index (κ1) is 14.2. The fraction of sp³-hybridized carbons (Fsp3) is 0.500. The fourth-order valence-electron chi connectivity index (χ4n) is 2.24. The average Bonchev–Trinajstić information content (AvgIpc) is 2.31. The molecule has 0 bridgehead atoms. The lowest BCUT2D eigenvalue weighted by Gasteiger charge is -2.37. The Balaban J connectivity index is 2.02. The minimum atomic E-state index is -0.250. The molecule has 1 aromatic carbocycles. The number of aromatic hydroxyl groups is 2. The Morgan fingerprint density at radius 1 is 1.37 bits per heavy atom. The molecule has 4 nitrogen and oxygen atoms in total. The Bertz CT molecular complexity index is 488. The van der Waals surface area contributed by atoms with E-state index in [9.17, 15) is 15.0 Å². The number of Topliss-reactive ketones (excluding diaryl/α,β-unsaturated/α-hetero) is 1. The molecule has 0 spiro atoms. The molecule has 1 heterocycles. The van der Waals surface area contributed by atoms with E-state index < -0.39 is 0 Å². The second kappa shape index (κ2) is 5.43. The molecule has 104 valence electrons. The normalized spacial score (nSPS) is 19.3. The lowest BCUT2D eigenvalue weighted by molar-refractivity contribution is 0.0927. The van der Waals surface area contributed by atoms with E-state index in [0.29, 0.717) is 12.1 Å². The standard InChI is InChI=1S/C14H19NO3S/c1-14(2)9-15(5-6-19-14)8-13(18)10-3-4-11(16)12(17)7-10/h3-4,7,16-17H,5-6,8-9H2,1-2H3. The summed E-state index contributed by atoms with van der Waals surface area (Å²) in [5, 5.41) is 18.7. The van der Waals surface area contributed by atoms with Crippen LogP contribution in [0.25, 0.3) is 0 Å². The van der Waals surface area contributed by atoms with Crippen LogP contribution in [-0.4, -0.2) is 51.0 Å². The van der Waals surface area contributed by atoms with E-state index in [1.807, 2.05) is 11.8 Å². The number of carbonyl (C=O) groups excluding carboxylic acids is 1. The van der Waals surface area contributed by atoms with Crippen molar-refractivity contribution in [2.45, 2.75) is 18.6 Å². The summed E-state index contributed by atoms with van der Waals surface area (Å²) in [4.78, 5) is 14.3. The number of rotatable bonds is 3. The number of phenolic OH excluding ortho intramolecular Hbond substituents is 2. The molecule has 1 fully saturated rings. The average molecular weight is 281 g/mol. The molecule has 2 rings (SSSR count). The third kappa shape index (κ3) is 3.64. The van der Waals surface area contributed by atoms with Gasteiger partial charge in [0.1, 0.15) is 0 Å². The first-order chi connectivity index (χ1) is 8.87. The van der Waals surface area contributed by atoms with Crippen molar-refractivity contribution < 1.29 is 15.0 Å². The highest BCUT2D eigenvalue weighted by Crippen LogP contribution is 2.30. The summed E-state index contributed by atoms with van der Waals surface area (Å²) >= 11 is 1.93. The van der Waals surface area contributed by atoms with Crippen LogP contribution < -0.4 is 0 Å². The van der Waals surface area contributed by atoms with Gasteiger partial charge in [-0.05, 0) is 32.0 Å². The molecule has 0 amide bonds. The van der Waals surface area contributed by atoms with Crippen LogP contribution in [-0.2, 0) is 0 Å². The molecule has 1 aliphatic heterocycles. The topological polar surface area (TPSA) is 60.8 Å². The van der Waals surface area contributed by atoms with Gasteiger partial charge in [-0.1, -0.05) is 0 Å². The van der Waals surface area contributed by atoms with Gasteiger partial charge in [0.2, 0.25) is 0 Å². The summed E-state index contributed by atoms with van der Waals surface area (Å²) in [6, 6.07) is 4.21. The summed E-state index contributed by atoms with van der Waals surface area (Å²) in [6.45, 7) is 6.51. The first-order valence-corrected chi connectivity index (χ1v) is 7.27. The van der Waals surface area contributed by atoms with Crippen LogP contribution in [0.5, 0.6) is 11.5 Å². The largest absolute Gasteiger partial charge is 0.504 e. The van der Waals surface area contributed by atoms with Crippen LogP contribution in [0.1, 0.15) is 24.2 Å². The quantitative estimate of drug-likeness (QED) is 0.656. The molecule has 0 aromatic heterocycles. The molecule has 1 aliphatic rings. The molecule has 1 aromatic rings. The molecule has 0 saturated carbocycles. The van der Waals surface area contributed by atoms with Crippen molar-refractivity contribution in [1.29, 1.82) is 0 Å². The molecule has 0 atom stereocenters. The third-order valence-corrected chi connectivity index (χ3v) is 4.47. The smallest absolute Gasteiger partial charge is 0.176 e. The third-order valence-electron chi connectivity index (χ3n) is 3.17. The van der Waals surface area contributed by atoms with Crippen LogP contribution in [0.2, 0.25) is 0 Å². The molecule has 0 unspecified atom stereocenters. The van der Waals surface area contributed by atoms with Crippen LogP contribution >= 0.6 is 11.8 Å². The summed E-state index contributed by atoms with van der Waals surface area (Å²) in [5.74, 6) is 0.548. The Labute approximate surface area is 117 Å². The van der Waals surface area contributed by atoms with Gasteiger partial charge in [0, 0.05) is 29.2 Å². The summed E-state index contributed by atoms with van der Waals surface area (Å²) < 4.78 is 0.176. The van der Waals surface area contributed by atoms with Crippen LogP contribution in [0.15, 0.2) is 18.2 Å². The van der Waals surface area contributed by atoms with E-state index in [-0.39, 0.29) is 22.0 Å². The van der Waals surface area contributed by atoms with Crippen molar-refractivity contribution >= 4 is 17.5 Å². The van der Waals surface area contributed by atoms with E-state index >= 15 is 0 Å². The van der Waals surface area contributed by atoms with Crippen LogP contribution in [0.3, 0.4) is 0 Å². The summed E-state index contributed by atoms with van der Waals surface area (Å²) in [5.41, 5.74) is 0.436. The van der Waals surface area contributed by atoms with Gasteiger partial charge in [-0.3, -0.25) is 9.69 Å². The van der Waals surface area contributed by atoms with E-state index in [0.717, 1.165) is 18.8 Å². The molecule has 2 N–H and O–H groups in total. The minimum absolute atomic E-state index is 0.0296. The molecular formula is C14H19NO3S. The Kier molecular flexibility index (Phi) is 4.06. The monoisotopic (exact) mass is 281 g/mol. The van der Waals surface area contributed by atoms with Crippen LogP contribution in [0, 0.1) is 0 Å². The van der Waals surface area contributed by atoms with E-state index in [4.69, 9.17) is 0 Å². The predicted molar refractivity (Wildman–Crippen MR) is 77.1 cm³/mol. The van der Waals surface area contributed by atoms with Gasteiger partial charge in [-0.15, -0.1) is 0 Å². The highest BCUT2D eigenvalue weighted by molar-refractivity contribution is 8.00. The van der Waals surface area contributed by atoms with Crippen molar-refractivity contribution in [2.24, 2.45) is 0 Å². The van der Waals surface area contributed by atoms with Crippen molar-refractivity contribution in [2.75, 3.05) is 25.4 Å². The Morgan fingerprint density at radius 3 is 2.74 bits per heavy atom. The highest BCUT2D eigenvalue weighted by Gasteiger charge is 2.28. The van der Waals surface area contributed by atoms with E-state index in [1.165, 1.54) is 12.1 Å². The number of benzene rings is 1. The summed E-state index contributed by atoms with van der Waals surface area (Å²) in [6.07, 6.45) is 0. The van der Waals surface area contributed by atoms with Crippen molar-refractivity contribution in [3.8, 4) is 11.5 Å². The number of nitrogens with zero attached hydrogens (tertiary/aromatic N) is 1. The van der Waals surface area contributed by atoms with E-state index in [1.54, 1.807) is 6.07 Å². The molecule has 0 radical (unpaired) electrons. The lowest BCUT2D eigenvalue weighted by atomic mass is 10.1. The minimum Gasteiger partial charge on any atom is -0.504 e. The second-order valence-electron chi connectivity index (χ2n) is 5.45. The van der Waals surface area contributed by atoms with E-state index in [2.05, 4.69) is 18.7 Å². The fourth-order valence-corrected chi connectivity index (χ4v) is 3.42. The number of ketones is 1. The number of hydrogen-bond donors (Lipinski definition) is 2. The van der Waals surface area contributed by atoms with Gasteiger partial charge in [-0.25, -0.2) is 0 Å². The number of carbonyl (C=O) groups is 1. The first-order valence-electron chi connectivity index (χ1n) is 6.29. The summed E-state index contributed by atoms with van der Waals surface area (Å²) in [7, 11) is 0. The number of phenols is 2. The maximum atomic E-state index is 12.1. The van der Waals surface area contributed by atoms with Crippen molar-refractivity contribution in [3.63, 3.8) is 0 Å². The Morgan fingerprint density at radius 2 is 2.11 bits per heavy atom. The number of thioether (sulfide) groups is 1. The predicted octanol–water partition coefficient (Wildman–Crippen LogP) is 2.11. The zero-order chi connectivity index (χ0) is 14.0. The van der Waals surface area contributed by atoms with Crippen molar-refractivity contribution in [1.82, 2.24) is 4.90 Å². The van der Waals surface area contributed by atoms with Gasteiger partial charge < -0.3 is 10.2 Å². The zero-order valence-electron chi connectivity index (χ0n) is 11.2. The van der Waals surface area contributed by atoms with Gasteiger partial charge in [0.05, 0.1) is 6.54 Å². The molecule has 1 saturated heterocycles. The highest BCUT2D eigenvalue weighted by atomic mass is 32.2.